The van der Waals surface area contributed by atoms with E-state index in [0.29, 0.717) is 0 Å². The first-order chi connectivity index (χ1) is 17.9. The highest BCUT2D eigenvalue weighted by Gasteiger charge is 2.22. The van der Waals surface area contributed by atoms with Gasteiger partial charge in [-0.2, -0.15) is 0 Å². The van der Waals surface area contributed by atoms with Crippen LogP contribution in [-0.4, -0.2) is 4.98 Å². The number of benzene rings is 4. The molecule has 4 aromatic carbocycles. The largest absolute Gasteiger partial charge is 0.454 e. The van der Waals surface area contributed by atoms with Crippen LogP contribution < -0.4 is 5.32 Å². The SMILES string of the molecule is [2H]C([2H])([2H])c1ccc(-c2ccc3c(c2)-c2cccc(c2C)-c2ccc4c(oc5ccccc54)c2N3)nc1. The van der Waals surface area contributed by atoms with Crippen LogP contribution in [0, 0.1) is 13.8 Å². The van der Waals surface area contributed by atoms with Crippen molar-refractivity contribution in [2.75, 3.05) is 5.32 Å². The van der Waals surface area contributed by atoms with E-state index >= 15 is 0 Å². The van der Waals surface area contributed by atoms with Gasteiger partial charge in [0.25, 0.3) is 0 Å². The van der Waals surface area contributed by atoms with Crippen LogP contribution in [0.5, 0.6) is 0 Å². The van der Waals surface area contributed by atoms with E-state index in [1.807, 2.05) is 24.3 Å². The number of nitrogens with one attached hydrogen (secondary N) is 1. The molecule has 7 rings (SSSR count). The predicted molar refractivity (Wildman–Crippen MR) is 141 cm³/mol. The average molecular weight is 442 g/mol. The van der Waals surface area contributed by atoms with Gasteiger partial charge < -0.3 is 9.73 Å². The number of furan rings is 1. The van der Waals surface area contributed by atoms with E-state index in [2.05, 4.69) is 65.8 Å². The second kappa shape index (κ2) is 7.06. The fourth-order valence-corrected chi connectivity index (χ4v) is 5.09. The summed E-state index contributed by atoms with van der Waals surface area (Å²) in [6.45, 7) is -0.0170. The molecule has 0 radical (unpaired) electrons. The van der Waals surface area contributed by atoms with Crippen molar-refractivity contribution in [1.82, 2.24) is 4.98 Å². The molecule has 0 saturated heterocycles. The lowest BCUT2D eigenvalue weighted by Gasteiger charge is -2.23. The molecule has 3 heteroatoms. The lowest BCUT2D eigenvalue weighted by molar-refractivity contribution is 0.670. The van der Waals surface area contributed by atoms with Gasteiger partial charge in [0, 0.05) is 43.5 Å². The third-order valence-corrected chi connectivity index (χ3v) is 6.80. The Morgan fingerprint density at radius 1 is 0.794 bits per heavy atom. The highest BCUT2D eigenvalue weighted by Crippen LogP contribution is 2.47. The van der Waals surface area contributed by atoms with Crippen LogP contribution in [0.3, 0.4) is 0 Å². The fourth-order valence-electron chi connectivity index (χ4n) is 5.09. The molecule has 0 spiro atoms. The van der Waals surface area contributed by atoms with Crippen molar-refractivity contribution >= 4 is 33.3 Å². The smallest absolute Gasteiger partial charge is 0.159 e. The molecule has 3 heterocycles. The number of hydrogen-bond donors (Lipinski definition) is 1. The summed E-state index contributed by atoms with van der Waals surface area (Å²) in [5.41, 5.74) is 11.1. The summed E-state index contributed by atoms with van der Waals surface area (Å²) in [7, 11) is 0. The molecule has 0 amide bonds. The van der Waals surface area contributed by atoms with Gasteiger partial charge in [-0.3, -0.25) is 4.98 Å². The van der Waals surface area contributed by atoms with Crippen LogP contribution in [0.4, 0.5) is 11.4 Å². The lowest BCUT2D eigenvalue weighted by atomic mass is 9.88. The van der Waals surface area contributed by atoms with Gasteiger partial charge in [0.15, 0.2) is 5.58 Å². The van der Waals surface area contributed by atoms with Gasteiger partial charge in [0.1, 0.15) is 5.58 Å². The van der Waals surface area contributed by atoms with Crippen molar-refractivity contribution in [3.05, 3.63) is 102 Å². The lowest BCUT2D eigenvalue weighted by Crippen LogP contribution is -2.02. The Kier molecular flexibility index (Phi) is 3.38. The van der Waals surface area contributed by atoms with Crippen LogP contribution in [0.2, 0.25) is 0 Å². The maximum atomic E-state index is 7.63. The molecule has 0 unspecified atom stereocenters. The van der Waals surface area contributed by atoms with Gasteiger partial charge in [-0.25, -0.2) is 0 Å². The van der Waals surface area contributed by atoms with Gasteiger partial charge in [-0.05, 0) is 66.4 Å². The number of anilines is 2. The fraction of sp³-hybridized carbons (Fsp3) is 0.0645. The summed E-state index contributed by atoms with van der Waals surface area (Å²) in [4.78, 5) is 4.47. The minimum Gasteiger partial charge on any atom is -0.454 e. The number of hydrogen-bond acceptors (Lipinski definition) is 3. The third kappa shape index (κ3) is 2.74. The van der Waals surface area contributed by atoms with E-state index in [1.54, 1.807) is 12.1 Å². The minimum absolute atomic E-state index is 0.235. The molecule has 3 nitrogen and oxygen atoms in total. The quantitative estimate of drug-likeness (QED) is 0.277. The molecule has 6 aromatic rings. The maximum absolute atomic E-state index is 7.63. The molecule has 0 aliphatic carbocycles. The standard InChI is InChI=1S/C31H22N2O/c1-18-10-14-27(32-17-18)20-11-15-28-26(16-20)22-8-5-7-21(19(22)2)24-12-13-25-23-6-3-4-9-29(23)34-31(25)30(24)33-28/h3-17,33H,1-2H3/i1D3. The Morgan fingerprint density at radius 2 is 1.68 bits per heavy atom. The van der Waals surface area contributed by atoms with Crippen molar-refractivity contribution in [3.8, 4) is 33.5 Å². The number of para-hydroxylation sites is 1. The zero-order chi connectivity index (χ0) is 25.3. The summed E-state index contributed by atoms with van der Waals surface area (Å²) in [6.07, 6.45) is 1.44. The summed E-state index contributed by atoms with van der Waals surface area (Å²) in [6, 6.07) is 28.4. The molecule has 2 aromatic heterocycles. The monoisotopic (exact) mass is 441 g/mol. The van der Waals surface area contributed by atoms with Crippen molar-refractivity contribution in [2.45, 2.75) is 13.8 Å². The zero-order valence-electron chi connectivity index (χ0n) is 21.5. The van der Waals surface area contributed by atoms with Crippen molar-refractivity contribution < 1.29 is 8.53 Å². The summed E-state index contributed by atoms with van der Waals surface area (Å²) < 4.78 is 29.3. The molecule has 2 bridgehead atoms. The Morgan fingerprint density at radius 3 is 2.53 bits per heavy atom. The molecule has 1 aliphatic rings. The molecule has 1 N–H and O–H groups in total. The van der Waals surface area contributed by atoms with Crippen molar-refractivity contribution in [3.63, 3.8) is 0 Å². The number of pyridine rings is 1. The number of aryl methyl sites for hydroxylation is 1. The van der Waals surface area contributed by atoms with Crippen LogP contribution in [0.15, 0.2) is 95.5 Å². The minimum atomic E-state index is -2.17. The Labute approximate surface area is 201 Å². The normalized spacial score (nSPS) is 13.7. The second-order valence-electron chi connectivity index (χ2n) is 8.76. The van der Waals surface area contributed by atoms with Crippen LogP contribution in [0.25, 0.3) is 55.4 Å². The van der Waals surface area contributed by atoms with Gasteiger partial charge in [-0.1, -0.05) is 54.6 Å². The third-order valence-electron chi connectivity index (χ3n) is 6.80. The molecule has 0 atom stereocenters. The Bertz CT molecular complexity index is 1850. The van der Waals surface area contributed by atoms with Crippen LogP contribution >= 0.6 is 0 Å². The number of aromatic nitrogens is 1. The zero-order valence-corrected chi connectivity index (χ0v) is 18.5. The van der Waals surface area contributed by atoms with E-state index in [0.717, 1.165) is 66.8 Å². The van der Waals surface area contributed by atoms with Crippen LogP contribution in [0.1, 0.15) is 15.2 Å². The van der Waals surface area contributed by atoms with Gasteiger partial charge in [-0.15, -0.1) is 0 Å². The molecular weight excluding hydrogens is 416 g/mol. The summed E-state index contributed by atoms with van der Waals surface area (Å²) >= 11 is 0. The van der Waals surface area contributed by atoms with Crippen molar-refractivity contribution in [2.24, 2.45) is 0 Å². The van der Waals surface area contributed by atoms with E-state index in [1.165, 1.54) is 11.8 Å². The molecule has 0 saturated carbocycles. The number of nitrogens with zero attached hydrogens (tertiary/aromatic N) is 1. The summed E-state index contributed by atoms with van der Waals surface area (Å²) in [5.74, 6) is 0. The topological polar surface area (TPSA) is 38.1 Å². The van der Waals surface area contributed by atoms with E-state index in [-0.39, 0.29) is 5.56 Å². The first-order valence-electron chi connectivity index (χ1n) is 12.8. The number of rotatable bonds is 1. The van der Waals surface area contributed by atoms with Gasteiger partial charge in [0.2, 0.25) is 0 Å². The molecular formula is C31H22N2O. The van der Waals surface area contributed by atoms with Crippen molar-refractivity contribution in [1.29, 1.82) is 0 Å². The van der Waals surface area contributed by atoms with E-state index < -0.39 is 6.85 Å². The Balaban J connectivity index is 1.45. The molecule has 1 aliphatic heterocycles. The Hall–Kier alpha value is -4.37. The molecule has 34 heavy (non-hydrogen) atoms. The maximum Gasteiger partial charge on any atom is 0.159 e. The van der Waals surface area contributed by atoms with Gasteiger partial charge >= 0.3 is 0 Å². The molecule has 162 valence electrons. The van der Waals surface area contributed by atoms with Gasteiger partial charge in [0.05, 0.1) is 11.4 Å². The van der Waals surface area contributed by atoms with E-state index in [9.17, 15) is 0 Å². The number of fused-ring (bicyclic) bond motifs is 10. The second-order valence-corrected chi connectivity index (χ2v) is 8.76. The van der Waals surface area contributed by atoms with Crippen LogP contribution in [-0.2, 0) is 0 Å². The molecule has 0 fully saturated rings. The average Bonchev–Trinajstić information content (AvgIpc) is 3.28. The first-order valence-corrected chi connectivity index (χ1v) is 11.3. The predicted octanol–water partition coefficient (Wildman–Crippen LogP) is 8.66. The summed E-state index contributed by atoms with van der Waals surface area (Å²) in [5, 5.41) is 5.88. The highest BCUT2D eigenvalue weighted by molar-refractivity contribution is 6.13. The van der Waals surface area contributed by atoms with E-state index in [4.69, 9.17) is 8.53 Å². The highest BCUT2D eigenvalue weighted by atomic mass is 16.3. The first kappa shape index (κ1) is 16.3.